The molecule has 2 nitrogen and oxygen atoms in total. The van der Waals surface area contributed by atoms with Gasteiger partial charge in [0.1, 0.15) is 0 Å². The van der Waals surface area contributed by atoms with Crippen LogP contribution < -0.4 is 5.32 Å². The highest BCUT2D eigenvalue weighted by molar-refractivity contribution is 7.98. The molecule has 0 amide bonds. The first-order valence-electron chi connectivity index (χ1n) is 5.56. The quantitative estimate of drug-likeness (QED) is 0.798. The standard InChI is InChI=1S/C13H21NOS/c1-11(9-16-3)14-10-13(2,15)12-7-5-4-6-8-12/h4-8,11,14-15H,9-10H2,1-3H3. The molecule has 0 bridgehead atoms. The number of aliphatic hydroxyl groups is 1. The molecule has 0 heterocycles. The molecule has 0 aliphatic rings. The number of benzene rings is 1. The van der Waals surface area contributed by atoms with Crippen molar-refractivity contribution in [1.82, 2.24) is 5.32 Å². The molecule has 1 aromatic rings. The molecule has 16 heavy (non-hydrogen) atoms. The molecule has 0 spiro atoms. The van der Waals surface area contributed by atoms with Crippen molar-refractivity contribution >= 4 is 11.8 Å². The van der Waals surface area contributed by atoms with E-state index in [2.05, 4.69) is 18.5 Å². The lowest BCUT2D eigenvalue weighted by Crippen LogP contribution is -2.40. The summed E-state index contributed by atoms with van der Waals surface area (Å²) in [7, 11) is 0. The summed E-state index contributed by atoms with van der Waals surface area (Å²) in [5.41, 5.74) is 0.160. The summed E-state index contributed by atoms with van der Waals surface area (Å²) in [4.78, 5) is 0. The van der Waals surface area contributed by atoms with Gasteiger partial charge in [-0.3, -0.25) is 0 Å². The van der Waals surface area contributed by atoms with Crippen LogP contribution in [-0.4, -0.2) is 29.7 Å². The molecule has 0 aliphatic heterocycles. The Balaban J connectivity index is 2.52. The van der Waals surface area contributed by atoms with Crippen molar-refractivity contribution in [2.75, 3.05) is 18.6 Å². The van der Waals surface area contributed by atoms with Crippen LogP contribution >= 0.6 is 11.8 Å². The van der Waals surface area contributed by atoms with Gasteiger partial charge < -0.3 is 10.4 Å². The maximum absolute atomic E-state index is 10.3. The second-order valence-electron chi connectivity index (χ2n) is 4.38. The van der Waals surface area contributed by atoms with E-state index in [0.717, 1.165) is 11.3 Å². The minimum absolute atomic E-state index is 0.421. The second-order valence-corrected chi connectivity index (χ2v) is 5.29. The van der Waals surface area contributed by atoms with Gasteiger partial charge >= 0.3 is 0 Å². The van der Waals surface area contributed by atoms with E-state index >= 15 is 0 Å². The largest absolute Gasteiger partial charge is 0.384 e. The zero-order valence-electron chi connectivity index (χ0n) is 10.2. The van der Waals surface area contributed by atoms with Crippen molar-refractivity contribution in [2.45, 2.75) is 25.5 Å². The highest BCUT2D eigenvalue weighted by atomic mass is 32.2. The normalized spacial score (nSPS) is 16.8. The molecule has 0 aliphatic carbocycles. The Hall–Kier alpha value is -0.510. The Bertz CT molecular complexity index is 300. The average molecular weight is 239 g/mol. The molecule has 1 aromatic carbocycles. The average Bonchev–Trinajstić information content (AvgIpc) is 2.28. The predicted octanol–water partition coefficient (Wildman–Crippen LogP) is 2.24. The van der Waals surface area contributed by atoms with Crippen molar-refractivity contribution in [2.24, 2.45) is 0 Å². The number of hydrogen-bond donors (Lipinski definition) is 2. The van der Waals surface area contributed by atoms with Gasteiger partial charge in [0.15, 0.2) is 0 Å². The van der Waals surface area contributed by atoms with Crippen LogP contribution in [0.4, 0.5) is 0 Å². The summed E-state index contributed by atoms with van der Waals surface area (Å²) >= 11 is 1.81. The molecule has 0 radical (unpaired) electrons. The van der Waals surface area contributed by atoms with Crippen molar-refractivity contribution in [3.63, 3.8) is 0 Å². The Morgan fingerprint density at radius 3 is 2.56 bits per heavy atom. The summed E-state index contributed by atoms with van der Waals surface area (Å²) < 4.78 is 0. The molecule has 0 fully saturated rings. The van der Waals surface area contributed by atoms with Crippen molar-refractivity contribution in [3.8, 4) is 0 Å². The van der Waals surface area contributed by atoms with Crippen LogP contribution in [0, 0.1) is 0 Å². The van der Waals surface area contributed by atoms with Crippen LogP contribution in [0.25, 0.3) is 0 Å². The molecular weight excluding hydrogens is 218 g/mol. The monoisotopic (exact) mass is 239 g/mol. The van der Waals surface area contributed by atoms with E-state index in [9.17, 15) is 5.11 Å². The summed E-state index contributed by atoms with van der Waals surface area (Å²) in [6, 6.07) is 10.2. The third-order valence-electron chi connectivity index (χ3n) is 2.61. The summed E-state index contributed by atoms with van der Waals surface area (Å²) in [6.45, 7) is 4.57. The zero-order valence-corrected chi connectivity index (χ0v) is 11.1. The van der Waals surface area contributed by atoms with Crippen LogP contribution in [0.2, 0.25) is 0 Å². The van der Waals surface area contributed by atoms with E-state index in [4.69, 9.17) is 0 Å². The van der Waals surface area contributed by atoms with E-state index < -0.39 is 5.60 Å². The van der Waals surface area contributed by atoms with E-state index in [1.807, 2.05) is 49.0 Å². The third kappa shape index (κ3) is 4.16. The van der Waals surface area contributed by atoms with Crippen LogP contribution in [0.5, 0.6) is 0 Å². The van der Waals surface area contributed by atoms with E-state index in [0.29, 0.717) is 12.6 Å². The third-order valence-corrected chi connectivity index (χ3v) is 3.44. The summed E-state index contributed by atoms with van der Waals surface area (Å²) in [5.74, 6) is 1.06. The first kappa shape index (κ1) is 13.6. The van der Waals surface area contributed by atoms with Crippen LogP contribution in [0.3, 0.4) is 0 Å². The maximum atomic E-state index is 10.3. The lowest BCUT2D eigenvalue weighted by Gasteiger charge is -2.26. The summed E-state index contributed by atoms with van der Waals surface area (Å²) in [6.07, 6.45) is 2.09. The van der Waals surface area contributed by atoms with Gasteiger partial charge in [0.05, 0.1) is 5.60 Å². The number of rotatable bonds is 6. The molecule has 0 saturated heterocycles. The van der Waals surface area contributed by atoms with E-state index in [-0.39, 0.29) is 0 Å². The Morgan fingerprint density at radius 1 is 1.38 bits per heavy atom. The second kappa shape index (κ2) is 6.28. The Labute approximate surface area is 102 Å². The fourth-order valence-electron chi connectivity index (χ4n) is 1.58. The van der Waals surface area contributed by atoms with Gasteiger partial charge in [-0.1, -0.05) is 30.3 Å². The van der Waals surface area contributed by atoms with Gasteiger partial charge in [-0.2, -0.15) is 11.8 Å². The lowest BCUT2D eigenvalue weighted by atomic mass is 9.96. The van der Waals surface area contributed by atoms with E-state index in [1.165, 1.54) is 0 Å². The zero-order chi connectivity index (χ0) is 12.0. The van der Waals surface area contributed by atoms with Gasteiger partial charge in [0, 0.05) is 18.3 Å². The van der Waals surface area contributed by atoms with Crippen LogP contribution in [0.15, 0.2) is 30.3 Å². The molecule has 1 rings (SSSR count). The lowest BCUT2D eigenvalue weighted by molar-refractivity contribution is 0.0551. The molecule has 90 valence electrons. The molecule has 2 N–H and O–H groups in total. The molecular formula is C13H21NOS. The van der Waals surface area contributed by atoms with Gasteiger partial charge in [0.25, 0.3) is 0 Å². The maximum Gasteiger partial charge on any atom is 0.0992 e. The fraction of sp³-hybridized carbons (Fsp3) is 0.538. The predicted molar refractivity (Wildman–Crippen MR) is 71.9 cm³/mol. The first-order valence-corrected chi connectivity index (χ1v) is 6.96. The number of nitrogens with one attached hydrogen (secondary N) is 1. The smallest absolute Gasteiger partial charge is 0.0992 e. The fourth-order valence-corrected chi connectivity index (χ4v) is 2.20. The molecule has 3 heteroatoms. The van der Waals surface area contributed by atoms with Crippen LogP contribution in [-0.2, 0) is 5.60 Å². The van der Waals surface area contributed by atoms with Gasteiger partial charge in [0.2, 0.25) is 0 Å². The Kier molecular flexibility index (Phi) is 5.32. The van der Waals surface area contributed by atoms with E-state index in [1.54, 1.807) is 0 Å². The summed E-state index contributed by atoms with van der Waals surface area (Å²) in [5, 5.41) is 13.7. The molecule has 0 aromatic heterocycles. The van der Waals surface area contributed by atoms with Gasteiger partial charge in [-0.25, -0.2) is 0 Å². The first-order chi connectivity index (χ1) is 7.56. The van der Waals surface area contributed by atoms with Gasteiger partial charge in [-0.05, 0) is 25.7 Å². The Morgan fingerprint density at radius 2 is 2.00 bits per heavy atom. The van der Waals surface area contributed by atoms with Crippen molar-refractivity contribution in [1.29, 1.82) is 0 Å². The minimum atomic E-state index is -0.798. The number of thioether (sulfide) groups is 1. The van der Waals surface area contributed by atoms with Crippen LogP contribution in [0.1, 0.15) is 19.4 Å². The van der Waals surface area contributed by atoms with Gasteiger partial charge in [-0.15, -0.1) is 0 Å². The molecule has 0 saturated carbocycles. The SMILES string of the molecule is CSCC(C)NCC(C)(O)c1ccccc1. The topological polar surface area (TPSA) is 32.3 Å². The minimum Gasteiger partial charge on any atom is -0.384 e. The van der Waals surface area contributed by atoms with Crippen molar-refractivity contribution in [3.05, 3.63) is 35.9 Å². The van der Waals surface area contributed by atoms with Crippen molar-refractivity contribution < 1.29 is 5.11 Å². The molecule has 2 atom stereocenters. The number of hydrogen-bond acceptors (Lipinski definition) is 3. The highest BCUT2D eigenvalue weighted by Gasteiger charge is 2.22. The molecule has 2 unspecified atom stereocenters. The highest BCUT2D eigenvalue weighted by Crippen LogP contribution is 2.19.